The van der Waals surface area contributed by atoms with Crippen molar-refractivity contribution in [3.05, 3.63) is 28.2 Å². The molecule has 1 fully saturated rings. The molecule has 1 heterocycles. The number of carbonyl (C=O) groups excluding carboxylic acids is 1. The smallest absolute Gasteiger partial charge is 0.222 e. The minimum atomic E-state index is -0.531. The van der Waals surface area contributed by atoms with Gasteiger partial charge in [-0.15, -0.1) is 0 Å². The number of aliphatic hydroxyl groups excluding tert-OH is 1. The van der Waals surface area contributed by atoms with Crippen LogP contribution in [0.25, 0.3) is 0 Å². The number of amides is 1. The monoisotopic (exact) mass is 326 g/mol. The van der Waals surface area contributed by atoms with Gasteiger partial charge in [0, 0.05) is 28.8 Å². The average molecular weight is 327 g/mol. The molecule has 2 rings (SSSR count). The van der Waals surface area contributed by atoms with Gasteiger partial charge in [0.25, 0.3) is 0 Å². The number of benzene rings is 1. The molecule has 3 N–H and O–H groups in total. The number of primary amides is 1. The molecule has 2 unspecified atom stereocenters. The Balaban J connectivity index is 2.29. The zero-order valence-electron chi connectivity index (χ0n) is 11.0. The van der Waals surface area contributed by atoms with E-state index in [4.69, 9.17) is 5.73 Å². The van der Waals surface area contributed by atoms with E-state index in [0.717, 1.165) is 35.1 Å². The largest absolute Gasteiger partial charge is 0.389 e. The molecule has 1 aromatic carbocycles. The Morgan fingerprint density at radius 1 is 1.58 bits per heavy atom. The molecule has 1 aliphatic rings. The summed E-state index contributed by atoms with van der Waals surface area (Å²) in [6, 6.07) is 5.82. The van der Waals surface area contributed by atoms with Crippen molar-refractivity contribution in [2.45, 2.75) is 25.9 Å². The fourth-order valence-electron chi connectivity index (χ4n) is 2.57. The van der Waals surface area contributed by atoms with E-state index in [2.05, 4.69) is 20.8 Å². The second-order valence-electron chi connectivity index (χ2n) is 5.07. The van der Waals surface area contributed by atoms with E-state index >= 15 is 0 Å². The Bertz CT molecular complexity index is 477. The van der Waals surface area contributed by atoms with Crippen molar-refractivity contribution in [2.75, 3.05) is 18.0 Å². The zero-order chi connectivity index (χ0) is 14.0. The first-order valence-corrected chi connectivity index (χ1v) is 7.30. The van der Waals surface area contributed by atoms with Gasteiger partial charge in [-0.2, -0.15) is 0 Å². The third-order valence-corrected chi connectivity index (χ3v) is 4.10. The molecule has 4 nitrogen and oxygen atoms in total. The van der Waals surface area contributed by atoms with E-state index in [9.17, 15) is 9.90 Å². The molecule has 0 radical (unpaired) electrons. The lowest BCUT2D eigenvalue weighted by molar-refractivity contribution is -0.122. The highest BCUT2D eigenvalue weighted by molar-refractivity contribution is 9.10. The maximum absolute atomic E-state index is 11.4. The van der Waals surface area contributed by atoms with Gasteiger partial charge in [0.05, 0.1) is 12.0 Å². The highest BCUT2D eigenvalue weighted by Gasteiger charge is 2.26. The summed E-state index contributed by atoms with van der Waals surface area (Å²) in [6.07, 6.45) is 1.26. The Kier molecular flexibility index (Phi) is 4.47. The fourth-order valence-corrected chi connectivity index (χ4v) is 2.92. The third-order valence-electron chi connectivity index (χ3n) is 3.61. The number of piperidine rings is 1. The van der Waals surface area contributed by atoms with Crippen molar-refractivity contribution in [3.63, 3.8) is 0 Å². The van der Waals surface area contributed by atoms with E-state index in [1.807, 2.05) is 18.2 Å². The summed E-state index contributed by atoms with van der Waals surface area (Å²) in [5.41, 5.74) is 7.28. The molecule has 1 amide bonds. The van der Waals surface area contributed by atoms with Crippen LogP contribution in [0.1, 0.15) is 31.4 Å². The van der Waals surface area contributed by atoms with Crippen molar-refractivity contribution in [1.29, 1.82) is 0 Å². The van der Waals surface area contributed by atoms with Crippen LogP contribution in [0.2, 0.25) is 0 Å². The van der Waals surface area contributed by atoms with Crippen LogP contribution in [-0.4, -0.2) is 24.1 Å². The summed E-state index contributed by atoms with van der Waals surface area (Å²) >= 11 is 3.46. The first-order chi connectivity index (χ1) is 8.99. The summed E-state index contributed by atoms with van der Waals surface area (Å²) in [6.45, 7) is 3.27. The molecule has 1 saturated heterocycles. The summed E-state index contributed by atoms with van der Waals surface area (Å²) in [7, 11) is 0. The van der Waals surface area contributed by atoms with Crippen LogP contribution in [0.15, 0.2) is 22.7 Å². The number of rotatable bonds is 3. The van der Waals surface area contributed by atoms with Gasteiger partial charge in [-0.05, 0) is 31.9 Å². The fraction of sp³-hybridized carbons (Fsp3) is 0.500. The van der Waals surface area contributed by atoms with Gasteiger partial charge in [0.2, 0.25) is 5.91 Å². The summed E-state index contributed by atoms with van der Waals surface area (Å²) in [5, 5.41) is 9.87. The van der Waals surface area contributed by atoms with E-state index in [-0.39, 0.29) is 11.8 Å². The standard InChI is InChI=1S/C14H19BrN2O2/c1-9(18)12-5-4-11(15)7-13(12)17-6-2-3-10(8-17)14(16)19/h4-5,7,9-10,18H,2-3,6,8H2,1H3,(H2,16,19). The van der Waals surface area contributed by atoms with E-state index in [0.29, 0.717) is 6.54 Å². The van der Waals surface area contributed by atoms with E-state index in [1.165, 1.54) is 0 Å². The van der Waals surface area contributed by atoms with Gasteiger partial charge in [-0.25, -0.2) is 0 Å². The van der Waals surface area contributed by atoms with Gasteiger partial charge in [0.15, 0.2) is 0 Å². The van der Waals surface area contributed by atoms with E-state index in [1.54, 1.807) is 6.92 Å². The molecule has 0 bridgehead atoms. The van der Waals surface area contributed by atoms with Crippen molar-refractivity contribution in [3.8, 4) is 0 Å². The molecule has 0 spiro atoms. The molecule has 0 aromatic heterocycles. The van der Waals surface area contributed by atoms with Crippen molar-refractivity contribution in [2.24, 2.45) is 11.7 Å². The topological polar surface area (TPSA) is 66.6 Å². The lowest BCUT2D eigenvalue weighted by Gasteiger charge is -2.34. The molecule has 1 aromatic rings. The number of anilines is 1. The molecule has 0 saturated carbocycles. The number of aliphatic hydroxyl groups is 1. The van der Waals surface area contributed by atoms with Gasteiger partial charge in [-0.3, -0.25) is 4.79 Å². The Hall–Kier alpha value is -1.07. The van der Waals surface area contributed by atoms with E-state index < -0.39 is 6.10 Å². The Labute approximate surface area is 121 Å². The number of hydrogen-bond donors (Lipinski definition) is 2. The van der Waals surface area contributed by atoms with Gasteiger partial charge in [-0.1, -0.05) is 22.0 Å². The first kappa shape index (κ1) is 14.3. The van der Waals surface area contributed by atoms with Crippen molar-refractivity contribution >= 4 is 27.5 Å². The molecule has 1 aliphatic heterocycles. The zero-order valence-corrected chi connectivity index (χ0v) is 12.6. The SMILES string of the molecule is CC(O)c1ccc(Br)cc1N1CCCC(C(N)=O)C1. The highest BCUT2D eigenvalue weighted by Crippen LogP contribution is 2.32. The van der Waals surface area contributed by atoms with Crippen LogP contribution in [0.4, 0.5) is 5.69 Å². The van der Waals surface area contributed by atoms with Crippen LogP contribution < -0.4 is 10.6 Å². The Morgan fingerprint density at radius 2 is 2.32 bits per heavy atom. The number of hydrogen-bond acceptors (Lipinski definition) is 3. The summed E-state index contributed by atoms with van der Waals surface area (Å²) < 4.78 is 0.966. The van der Waals surface area contributed by atoms with Crippen molar-refractivity contribution in [1.82, 2.24) is 0 Å². The molecular weight excluding hydrogens is 308 g/mol. The van der Waals surface area contributed by atoms with Crippen LogP contribution in [0, 0.1) is 5.92 Å². The van der Waals surface area contributed by atoms with Gasteiger partial charge in [0.1, 0.15) is 0 Å². The molecule has 19 heavy (non-hydrogen) atoms. The second kappa shape index (κ2) is 5.92. The number of nitrogens with two attached hydrogens (primary N) is 1. The molecular formula is C14H19BrN2O2. The maximum atomic E-state index is 11.4. The van der Waals surface area contributed by atoms with Crippen LogP contribution in [0.3, 0.4) is 0 Å². The van der Waals surface area contributed by atoms with Crippen molar-refractivity contribution < 1.29 is 9.90 Å². The first-order valence-electron chi connectivity index (χ1n) is 6.51. The summed E-state index contributed by atoms with van der Waals surface area (Å²) in [4.78, 5) is 13.5. The normalized spacial score (nSPS) is 21.2. The van der Waals surface area contributed by atoms with Crippen LogP contribution in [-0.2, 0) is 4.79 Å². The molecule has 2 atom stereocenters. The van der Waals surface area contributed by atoms with Gasteiger partial charge >= 0.3 is 0 Å². The minimum absolute atomic E-state index is 0.102. The van der Waals surface area contributed by atoms with Gasteiger partial charge < -0.3 is 15.7 Å². The molecule has 5 heteroatoms. The number of halogens is 1. The highest BCUT2D eigenvalue weighted by atomic mass is 79.9. The minimum Gasteiger partial charge on any atom is -0.389 e. The number of carbonyl (C=O) groups is 1. The molecule has 104 valence electrons. The number of nitrogens with zero attached hydrogens (tertiary/aromatic N) is 1. The van der Waals surface area contributed by atoms with Crippen LogP contribution >= 0.6 is 15.9 Å². The third kappa shape index (κ3) is 3.28. The summed E-state index contributed by atoms with van der Waals surface area (Å²) in [5.74, 6) is -0.340. The lowest BCUT2D eigenvalue weighted by atomic mass is 9.96. The maximum Gasteiger partial charge on any atom is 0.222 e. The molecule has 0 aliphatic carbocycles. The quantitative estimate of drug-likeness (QED) is 0.894. The second-order valence-corrected chi connectivity index (χ2v) is 5.98. The van der Waals surface area contributed by atoms with Crippen LogP contribution in [0.5, 0.6) is 0 Å². The predicted octanol–water partition coefficient (Wildman–Crippen LogP) is 2.20. The average Bonchev–Trinajstić information content (AvgIpc) is 2.38. The predicted molar refractivity (Wildman–Crippen MR) is 78.9 cm³/mol. The lowest BCUT2D eigenvalue weighted by Crippen LogP contribution is -2.41. The Morgan fingerprint density at radius 3 is 2.95 bits per heavy atom.